The Morgan fingerprint density at radius 1 is 1.15 bits per heavy atom. The molecular formula is C21H21BrN2O2. The molecule has 0 aliphatic rings. The first-order valence-electron chi connectivity index (χ1n) is 8.65. The smallest absolute Gasteiger partial charge is 0.240 e. The van der Waals surface area contributed by atoms with Crippen molar-refractivity contribution in [3.63, 3.8) is 0 Å². The molecule has 134 valence electrons. The minimum absolute atomic E-state index is 0.0470. The summed E-state index contributed by atoms with van der Waals surface area (Å²) in [5, 5.41) is 3.65. The number of rotatable bonds is 6. The molecule has 4 nitrogen and oxygen atoms in total. The van der Waals surface area contributed by atoms with Gasteiger partial charge in [0.1, 0.15) is 6.54 Å². The highest BCUT2D eigenvalue weighted by Gasteiger charge is 2.10. The van der Waals surface area contributed by atoms with E-state index < -0.39 is 0 Å². The van der Waals surface area contributed by atoms with Crippen molar-refractivity contribution in [2.75, 3.05) is 0 Å². The summed E-state index contributed by atoms with van der Waals surface area (Å²) in [6, 6.07) is 17.3. The Bertz CT molecular complexity index is 967. The summed E-state index contributed by atoms with van der Waals surface area (Å²) < 4.78 is 2.65. The molecule has 2 aromatic carbocycles. The van der Waals surface area contributed by atoms with Gasteiger partial charge in [0.15, 0.2) is 5.43 Å². The third-order valence-corrected chi connectivity index (χ3v) is 4.86. The number of aryl methyl sites for hydroxylation is 1. The lowest BCUT2D eigenvalue weighted by Crippen LogP contribution is -2.35. The van der Waals surface area contributed by atoms with Gasteiger partial charge in [0.2, 0.25) is 5.91 Å². The van der Waals surface area contributed by atoms with Crippen molar-refractivity contribution in [2.24, 2.45) is 0 Å². The fraction of sp³-hybridized carbons (Fsp3) is 0.238. The normalized spacial score (nSPS) is 12.1. The first-order chi connectivity index (χ1) is 12.5. The third kappa shape index (κ3) is 4.61. The molecule has 3 aromatic rings. The molecule has 0 aliphatic carbocycles. The second-order valence-corrected chi connectivity index (χ2v) is 7.38. The predicted molar refractivity (Wildman–Crippen MR) is 108 cm³/mol. The van der Waals surface area contributed by atoms with E-state index in [1.165, 1.54) is 11.6 Å². The standard InChI is InChI=1S/C21H21BrN2O2/c1-15(7-8-16-5-3-2-4-6-16)23-21(26)14-24-12-11-20(25)18-13-17(22)9-10-19(18)24/h2-6,9-13,15H,7-8,14H2,1H3,(H,23,26)/t15-/m1/s1. The van der Waals surface area contributed by atoms with Crippen molar-refractivity contribution in [3.05, 3.63) is 81.1 Å². The number of amides is 1. The fourth-order valence-electron chi connectivity index (χ4n) is 3.00. The largest absolute Gasteiger partial charge is 0.352 e. The molecular weight excluding hydrogens is 392 g/mol. The van der Waals surface area contributed by atoms with Gasteiger partial charge < -0.3 is 9.88 Å². The van der Waals surface area contributed by atoms with Crippen LogP contribution in [0.1, 0.15) is 18.9 Å². The van der Waals surface area contributed by atoms with E-state index in [-0.39, 0.29) is 23.9 Å². The van der Waals surface area contributed by atoms with Gasteiger partial charge in [-0.1, -0.05) is 46.3 Å². The zero-order valence-corrected chi connectivity index (χ0v) is 16.2. The van der Waals surface area contributed by atoms with E-state index in [2.05, 4.69) is 33.4 Å². The van der Waals surface area contributed by atoms with Crippen LogP contribution in [0, 0.1) is 0 Å². The van der Waals surface area contributed by atoms with Crippen LogP contribution in [0.3, 0.4) is 0 Å². The summed E-state index contributed by atoms with van der Waals surface area (Å²) >= 11 is 3.38. The number of nitrogens with zero attached hydrogens (tertiary/aromatic N) is 1. The van der Waals surface area contributed by atoms with Crippen LogP contribution < -0.4 is 10.7 Å². The Labute approximate surface area is 161 Å². The first-order valence-corrected chi connectivity index (χ1v) is 9.44. The number of hydrogen-bond donors (Lipinski definition) is 1. The number of aromatic nitrogens is 1. The van der Waals surface area contributed by atoms with E-state index in [0.717, 1.165) is 22.8 Å². The predicted octanol–water partition coefficient (Wildman–Crippen LogP) is 3.90. The Kier molecular flexibility index (Phi) is 5.89. The van der Waals surface area contributed by atoms with Crippen LogP contribution >= 0.6 is 15.9 Å². The highest BCUT2D eigenvalue weighted by atomic mass is 79.9. The van der Waals surface area contributed by atoms with Crippen molar-refractivity contribution in [1.82, 2.24) is 9.88 Å². The van der Waals surface area contributed by atoms with Crippen molar-refractivity contribution in [2.45, 2.75) is 32.4 Å². The van der Waals surface area contributed by atoms with E-state index >= 15 is 0 Å². The average Bonchev–Trinajstić information content (AvgIpc) is 2.63. The maximum Gasteiger partial charge on any atom is 0.240 e. The number of carbonyl (C=O) groups is 1. The van der Waals surface area contributed by atoms with Gasteiger partial charge in [-0.15, -0.1) is 0 Å². The molecule has 1 N–H and O–H groups in total. The van der Waals surface area contributed by atoms with Crippen molar-refractivity contribution >= 4 is 32.7 Å². The lowest BCUT2D eigenvalue weighted by atomic mass is 10.1. The zero-order valence-electron chi connectivity index (χ0n) is 14.6. The van der Waals surface area contributed by atoms with Crippen molar-refractivity contribution < 1.29 is 4.79 Å². The summed E-state index contributed by atoms with van der Waals surface area (Å²) in [5.41, 5.74) is 1.98. The van der Waals surface area contributed by atoms with Gasteiger partial charge >= 0.3 is 0 Å². The quantitative estimate of drug-likeness (QED) is 0.667. The summed E-state index contributed by atoms with van der Waals surface area (Å²) in [6.07, 6.45) is 3.48. The highest BCUT2D eigenvalue weighted by Crippen LogP contribution is 2.17. The van der Waals surface area contributed by atoms with E-state index in [9.17, 15) is 9.59 Å². The first kappa shape index (κ1) is 18.4. The maximum absolute atomic E-state index is 12.4. The van der Waals surface area contributed by atoms with Crippen LogP contribution in [0.25, 0.3) is 10.9 Å². The maximum atomic E-state index is 12.4. The molecule has 5 heteroatoms. The minimum Gasteiger partial charge on any atom is -0.352 e. The molecule has 0 spiro atoms. The molecule has 3 rings (SSSR count). The Balaban J connectivity index is 1.64. The fourth-order valence-corrected chi connectivity index (χ4v) is 3.36. The van der Waals surface area contributed by atoms with Crippen LogP contribution in [0.4, 0.5) is 0 Å². The van der Waals surface area contributed by atoms with Gasteiger partial charge in [-0.2, -0.15) is 0 Å². The van der Waals surface area contributed by atoms with Gasteiger partial charge in [0.25, 0.3) is 0 Å². The molecule has 26 heavy (non-hydrogen) atoms. The second kappa shape index (κ2) is 8.32. The molecule has 0 unspecified atom stereocenters. The number of benzene rings is 2. The third-order valence-electron chi connectivity index (χ3n) is 4.37. The van der Waals surface area contributed by atoms with E-state index in [0.29, 0.717) is 5.39 Å². The number of fused-ring (bicyclic) bond motifs is 1. The van der Waals surface area contributed by atoms with E-state index in [1.807, 2.05) is 41.8 Å². The van der Waals surface area contributed by atoms with Crippen LogP contribution in [0.5, 0.6) is 0 Å². The number of hydrogen-bond acceptors (Lipinski definition) is 2. The summed E-state index contributed by atoms with van der Waals surface area (Å²) in [6.45, 7) is 2.20. The summed E-state index contributed by atoms with van der Waals surface area (Å²) in [5.74, 6) is -0.0570. The Hall–Kier alpha value is -2.40. The molecule has 1 amide bonds. The molecule has 0 aliphatic heterocycles. The molecule has 1 aromatic heterocycles. The molecule has 1 atom stereocenters. The van der Waals surface area contributed by atoms with Gasteiger partial charge in [-0.25, -0.2) is 0 Å². The molecule has 0 saturated carbocycles. The zero-order chi connectivity index (χ0) is 18.5. The summed E-state index contributed by atoms with van der Waals surface area (Å²) in [7, 11) is 0. The van der Waals surface area contributed by atoms with E-state index in [1.54, 1.807) is 12.3 Å². The Morgan fingerprint density at radius 3 is 2.69 bits per heavy atom. The molecule has 0 bridgehead atoms. The number of nitrogens with one attached hydrogen (secondary N) is 1. The van der Waals surface area contributed by atoms with Crippen LogP contribution in [-0.4, -0.2) is 16.5 Å². The van der Waals surface area contributed by atoms with Gasteiger partial charge in [0, 0.05) is 28.2 Å². The molecule has 0 fully saturated rings. The van der Waals surface area contributed by atoms with Gasteiger partial charge in [-0.05, 0) is 43.5 Å². The van der Waals surface area contributed by atoms with Crippen LogP contribution in [0.2, 0.25) is 0 Å². The van der Waals surface area contributed by atoms with Crippen molar-refractivity contribution in [1.29, 1.82) is 0 Å². The number of carbonyl (C=O) groups excluding carboxylic acids is 1. The van der Waals surface area contributed by atoms with Crippen LogP contribution in [0.15, 0.2) is 70.1 Å². The number of pyridine rings is 1. The topological polar surface area (TPSA) is 51.1 Å². The summed E-state index contributed by atoms with van der Waals surface area (Å²) in [4.78, 5) is 24.4. The van der Waals surface area contributed by atoms with Gasteiger partial charge in [-0.3, -0.25) is 9.59 Å². The SMILES string of the molecule is C[C@H](CCc1ccccc1)NC(=O)Cn1ccc(=O)c2cc(Br)ccc21. The number of halogens is 1. The van der Waals surface area contributed by atoms with Crippen LogP contribution in [-0.2, 0) is 17.8 Å². The molecule has 1 heterocycles. The van der Waals surface area contributed by atoms with E-state index in [4.69, 9.17) is 0 Å². The lowest BCUT2D eigenvalue weighted by Gasteiger charge is -2.16. The van der Waals surface area contributed by atoms with Crippen molar-refractivity contribution in [3.8, 4) is 0 Å². The Morgan fingerprint density at radius 2 is 1.92 bits per heavy atom. The molecule has 0 saturated heterocycles. The van der Waals surface area contributed by atoms with Gasteiger partial charge in [0.05, 0.1) is 5.52 Å². The molecule has 0 radical (unpaired) electrons. The minimum atomic E-state index is -0.0570. The second-order valence-electron chi connectivity index (χ2n) is 6.46. The average molecular weight is 413 g/mol. The lowest BCUT2D eigenvalue weighted by molar-refractivity contribution is -0.122. The monoisotopic (exact) mass is 412 g/mol. The highest BCUT2D eigenvalue weighted by molar-refractivity contribution is 9.10.